The highest BCUT2D eigenvalue weighted by molar-refractivity contribution is 6.05. The summed E-state index contributed by atoms with van der Waals surface area (Å²) in [6.45, 7) is -0.281. The van der Waals surface area contributed by atoms with E-state index in [2.05, 4.69) is 15.3 Å². The standard InChI is InChI=1S/C22H21N3O3/c26-21(24-16-5-1-2-6-16)14-28-22(27)18-13-20(15-9-11-23-12-10-15)25-19-8-4-3-7-17(18)19/h3-4,7-13,16H,1-2,5-6,14H2,(H,24,26). The highest BCUT2D eigenvalue weighted by Crippen LogP contribution is 2.25. The van der Waals surface area contributed by atoms with Crippen LogP contribution in [0.5, 0.6) is 0 Å². The van der Waals surface area contributed by atoms with E-state index in [1.807, 2.05) is 36.4 Å². The van der Waals surface area contributed by atoms with Gasteiger partial charge in [0, 0.05) is 29.4 Å². The van der Waals surface area contributed by atoms with Gasteiger partial charge in [0.15, 0.2) is 6.61 Å². The number of carbonyl (C=O) groups is 2. The number of hydrogen-bond acceptors (Lipinski definition) is 5. The number of benzene rings is 1. The van der Waals surface area contributed by atoms with Crippen LogP contribution in [0.4, 0.5) is 0 Å². The number of carbonyl (C=O) groups excluding carboxylic acids is 2. The summed E-state index contributed by atoms with van der Waals surface area (Å²) < 4.78 is 5.31. The van der Waals surface area contributed by atoms with Gasteiger partial charge in [0.2, 0.25) is 0 Å². The fourth-order valence-corrected chi connectivity index (χ4v) is 3.56. The second-order valence-electron chi connectivity index (χ2n) is 6.93. The number of fused-ring (bicyclic) bond motifs is 1. The SMILES string of the molecule is O=C(COC(=O)c1cc(-c2ccncc2)nc2ccccc12)NC1CCCC1. The van der Waals surface area contributed by atoms with Gasteiger partial charge in [0.25, 0.3) is 5.91 Å². The first-order valence-corrected chi connectivity index (χ1v) is 9.47. The Morgan fingerprint density at radius 1 is 1.07 bits per heavy atom. The summed E-state index contributed by atoms with van der Waals surface area (Å²) in [5, 5.41) is 3.62. The molecule has 142 valence electrons. The maximum absolute atomic E-state index is 12.7. The molecule has 0 radical (unpaired) electrons. The normalized spacial score (nSPS) is 14.1. The summed E-state index contributed by atoms with van der Waals surface area (Å²) >= 11 is 0. The van der Waals surface area contributed by atoms with Crippen LogP contribution in [0.1, 0.15) is 36.0 Å². The Kier molecular flexibility index (Phi) is 5.28. The number of nitrogens with zero attached hydrogens (tertiary/aromatic N) is 2. The molecule has 6 heteroatoms. The van der Waals surface area contributed by atoms with E-state index >= 15 is 0 Å². The van der Waals surface area contributed by atoms with Crippen molar-refractivity contribution in [3.8, 4) is 11.3 Å². The molecule has 6 nitrogen and oxygen atoms in total. The third-order valence-electron chi connectivity index (χ3n) is 4.97. The number of para-hydroxylation sites is 1. The summed E-state index contributed by atoms with van der Waals surface area (Å²) in [7, 11) is 0. The zero-order valence-electron chi connectivity index (χ0n) is 15.4. The lowest BCUT2D eigenvalue weighted by molar-refractivity contribution is -0.124. The third-order valence-corrected chi connectivity index (χ3v) is 4.97. The van der Waals surface area contributed by atoms with E-state index in [9.17, 15) is 9.59 Å². The molecule has 0 saturated heterocycles. The number of aromatic nitrogens is 2. The Morgan fingerprint density at radius 2 is 1.82 bits per heavy atom. The van der Waals surface area contributed by atoms with Crippen molar-refractivity contribution in [1.82, 2.24) is 15.3 Å². The molecule has 3 aromatic rings. The smallest absolute Gasteiger partial charge is 0.339 e. The van der Waals surface area contributed by atoms with E-state index in [1.54, 1.807) is 18.5 Å². The molecular formula is C22H21N3O3. The van der Waals surface area contributed by atoms with Gasteiger partial charge in [0.05, 0.1) is 16.8 Å². The van der Waals surface area contributed by atoms with E-state index in [0.29, 0.717) is 22.2 Å². The second-order valence-corrected chi connectivity index (χ2v) is 6.93. The lowest BCUT2D eigenvalue weighted by Gasteiger charge is -2.13. The van der Waals surface area contributed by atoms with Crippen LogP contribution in [-0.2, 0) is 9.53 Å². The molecule has 28 heavy (non-hydrogen) atoms. The zero-order chi connectivity index (χ0) is 19.3. The van der Waals surface area contributed by atoms with Crippen molar-refractivity contribution in [3.05, 3.63) is 60.4 Å². The minimum absolute atomic E-state index is 0.200. The molecule has 0 spiro atoms. The first-order valence-electron chi connectivity index (χ1n) is 9.47. The molecule has 4 rings (SSSR count). The number of nitrogens with one attached hydrogen (secondary N) is 1. The van der Waals surface area contributed by atoms with Gasteiger partial charge in [-0.25, -0.2) is 9.78 Å². The van der Waals surface area contributed by atoms with Crippen LogP contribution in [0, 0.1) is 0 Å². The minimum atomic E-state index is -0.532. The molecule has 1 aromatic carbocycles. The van der Waals surface area contributed by atoms with Crippen LogP contribution in [-0.4, -0.2) is 34.5 Å². The summed E-state index contributed by atoms with van der Waals surface area (Å²) in [5.41, 5.74) is 2.60. The molecular weight excluding hydrogens is 354 g/mol. The Bertz CT molecular complexity index is 998. The Labute approximate surface area is 163 Å². The Hall–Kier alpha value is -3.28. The van der Waals surface area contributed by atoms with Crippen molar-refractivity contribution in [2.24, 2.45) is 0 Å². The van der Waals surface area contributed by atoms with Crippen LogP contribution in [0.25, 0.3) is 22.2 Å². The van der Waals surface area contributed by atoms with Crippen molar-refractivity contribution in [3.63, 3.8) is 0 Å². The van der Waals surface area contributed by atoms with Crippen LogP contribution >= 0.6 is 0 Å². The average Bonchev–Trinajstić information content (AvgIpc) is 3.25. The van der Waals surface area contributed by atoms with Gasteiger partial charge in [0.1, 0.15) is 0 Å². The summed E-state index contributed by atoms with van der Waals surface area (Å²) in [4.78, 5) is 33.5. The number of rotatable bonds is 5. The summed E-state index contributed by atoms with van der Waals surface area (Å²) in [5.74, 6) is -0.788. The quantitative estimate of drug-likeness (QED) is 0.690. The van der Waals surface area contributed by atoms with Crippen LogP contribution in [0.2, 0.25) is 0 Å². The maximum Gasteiger partial charge on any atom is 0.339 e. The van der Waals surface area contributed by atoms with Gasteiger partial charge < -0.3 is 10.1 Å². The summed E-state index contributed by atoms with van der Waals surface area (Å²) in [6.07, 6.45) is 7.60. The first-order chi connectivity index (χ1) is 13.7. The molecule has 2 aromatic heterocycles. The zero-order valence-corrected chi connectivity index (χ0v) is 15.4. The van der Waals surface area contributed by atoms with Crippen LogP contribution in [0.15, 0.2) is 54.9 Å². The van der Waals surface area contributed by atoms with Crippen molar-refractivity contribution in [2.45, 2.75) is 31.7 Å². The van der Waals surface area contributed by atoms with Crippen molar-refractivity contribution < 1.29 is 14.3 Å². The molecule has 2 heterocycles. The lowest BCUT2D eigenvalue weighted by Crippen LogP contribution is -2.35. The molecule has 1 amide bonds. The second kappa shape index (κ2) is 8.17. The van der Waals surface area contributed by atoms with Crippen molar-refractivity contribution in [2.75, 3.05) is 6.61 Å². The number of pyridine rings is 2. The molecule has 1 fully saturated rings. The van der Waals surface area contributed by atoms with E-state index in [4.69, 9.17) is 4.74 Å². The van der Waals surface area contributed by atoms with E-state index in [1.165, 1.54) is 0 Å². The topological polar surface area (TPSA) is 81.2 Å². The molecule has 1 N–H and O–H groups in total. The van der Waals surface area contributed by atoms with Gasteiger partial charge in [-0.05, 0) is 37.1 Å². The fraction of sp³-hybridized carbons (Fsp3) is 0.273. The van der Waals surface area contributed by atoms with Crippen LogP contribution in [0.3, 0.4) is 0 Å². The third kappa shape index (κ3) is 4.01. The van der Waals surface area contributed by atoms with Gasteiger partial charge in [-0.2, -0.15) is 0 Å². The van der Waals surface area contributed by atoms with Crippen molar-refractivity contribution in [1.29, 1.82) is 0 Å². The molecule has 1 aliphatic rings. The number of ether oxygens (including phenoxy) is 1. The predicted molar refractivity (Wildman–Crippen MR) is 106 cm³/mol. The molecule has 1 saturated carbocycles. The number of amides is 1. The predicted octanol–water partition coefficient (Wildman–Crippen LogP) is 3.51. The van der Waals surface area contributed by atoms with E-state index in [0.717, 1.165) is 31.2 Å². The summed E-state index contributed by atoms with van der Waals surface area (Å²) in [6, 6.07) is 13.0. The highest BCUT2D eigenvalue weighted by Gasteiger charge is 2.19. The molecule has 0 atom stereocenters. The molecule has 0 aliphatic heterocycles. The first kappa shape index (κ1) is 18.1. The fourth-order valence-electron chi connectivity index (χ4n) is 3.56. The average molecular weight is 375 g/mol. The van der Waals surface area contributed by atoms with E-state index < -0.39 is 5.97 Å². The largest absolute Gasteiger partial charge is 0.452 e. The van der Waals surface area contributed by atoms with Gasteiger partial charge in [-0.15, -0.1) is 0 Å². The van der Waals surface area contributed by atoms with Gasteiger partial charge >= 0.3 is 5.97 Å². The van der Waals surface area contributed by atoms with Gasteiger partial charge in [-0.1, -0.05) is 31.0 Å². The highest BCUT2D eigenvalue weighted by atomic mass is 16.5. The monoisotopic (exact) mass is 375 g/mol. The Balaban J connectivity index is 1.56. The van der Waals surface area contributed by atoms with Crippen molar-refractivity contribution >= 4 is 22.8 Å². The maximum atomic E-state index is 12.7. The van der Waals surface area contributed by atoms with Gasteiger partial charge in [-0.3, -0.25) is 9.78 Å². The number of esters is 1. The number of hydrogen-bond donors (Lipinski definition) is 1. The Morgan fingerprint density at radius 3 is 2.61 bits per heavy atom. The molecule has 1 aliphatic carbocycles. The van der Waals surface area contributed by atoms with Crippen LogP contribution < -0.4 is 5.32 Å². The molecule has 0 bridgehead atoms. The lowest BCUT2D eigenvalue weighted by atomic mass is 10.0. The molecule has 0 unspecified atom stereocenters. The van der Waals surface area contributed by atoms with E-state index in [-0.39, 0.29) is 18.6 Å². The minimum Gasteiger partial charge on any atom is -0.452 e.